The molecule has 1 unspecified atom stereocenters. The molecule has 0 bridgehead atoms. The average Bonchev–Trinajstić information content (AvgIpc) is 2.64. The lowest BCUT2D eigenvalue weighted by atomic mass is 10.0. The fraction of sp³-hybridized carbons (Fsp3) is 0.381. The van der Waals surface area contributed by atoms with Crippen LogP contribution >= 0.6 is 0 Å². The maximum Gasteiger partial charge on any atom is 0.511 e. The monoisotopic (exact) mass is 421 g/mol. The van der Waals surface area contributed by atoms with Crippen molar-refractivity contribution in [3.8, 4) is 5.75 Å². The standard InChI is InChI=1S/C21H27NO6S/c1-3-6-20(23)17-10-12-18(13-11-17)22(29(2,26)27)14-5-8-16-7-4-9-19(15-16)28-21(24)25/h4,7,9-13,15,20,23H,3,5-6,8,14H2,1-2H3,(H,24,25). The van der Waals surface area contributed by atoms with Crippen molar-refractivity contribution in [2.24, 2.45) is 0 Å². The Morgan fingerprint density at radius 1 is 1.17 bits per heavy atom. The normalized spacial score (nSPS) is 12.4. The van der Waals surface area contributed by atoms with Crippen LogP contribution in [0.5, 0.6) is 5.75 Å². The second kappa shape index (κ2) is 10.3. The van der Waals surface area contributed by atoms with Crippen molar-refractivity contribution in [2.45, 2.75) is 38.7 Å². The van der Waals surface area contributed by atoms with Crippen molar-refractivity contribution >= 4 is 21.9 Å². The summed E-state index contributed by atoms with van der Waals surface area (Å²) in [6.45, 7) is 2.27. The number of carbonyl (C=O) groups is 1. The zero-order valence-corrected chi connectivity index (χ0v) is 17.4. The van der Waals surface area contributed by atoms with Gasteiger partial charge in [-0.05, 0) is 54.7 Å². The molecule has 29 heavy (non-hydrogen) atoms. The topological polar surface area (TPSA) is 104 Å². The second-order valence-corrected chi connectivity index (χ2v) is 8.76. The van der Waals surface area contributed by atoms with Crippen molar-refractivity contribution in [2.75, 3.05) is 17.1 Å². The average molecular weight is 422 g/mol. The first-order chi connectivity index (χ1) is 13.7. The molecule has 0 fully saturated rings. The van der Waals surface area contributed by atoms with Gasteiger partial charge in [-0.15, -0.1) is 0 Å². The highest BCUT2D eigenvalue weighted by Gasteiger charge is 2.18. The van der Waals surface area contributed by atoms with Gasteiger partial charge in [0.2, 0.25) is 10.0 Å². The lowest BCUT2D eigenvalue weighted by Crippen LogP contribution is -2.31. The van der Waals surface area contributed by atoms with Crippen LogP contribution in [0.1, 0.15) is 43.4 Å². The van der Waals surface area contributed by atoms with Gasteiger partial charge in [-0.25, -0.2) is 13.2 Å². The fourth-order valence-corrected chi connectivity index (χ4v) is 4.05. The molecular formula is C21H27NO6S. The number of benzene rings is 2. The molecule has 0 saturated heterocycles. The highest BCUT2D eigenvalue weighted by Crippen LogP contribution is 2.24. The van der Waals surface area contributed by atoms with Crippen molar-refractivity contribution in [1.29, 1.82) is 0 Å². The largest absolute Gasteiger partial charge is 0.511 e. The Bertz CT molecular complexity index is 911. The molecular weight excluding hydrogens is 394 g/mol. The maximum atomic E-state index is 12.3. The molecule has 0 saturated carbocycles. The first-order valence-corrected chi connectivity index (χ1v) is 11.3. The van der Waals surface area contributed by atoms with E-state index in [9.17, 15) is 18.3 Å². The number of carboxylic acid groups (broad SMARTS) is 1. The Morgan fingerprint density at radius 3 is 2.45 bits per heavy atom. The summed E-state index contributed by atoms with van der Waals surface area (Å²) in [5.41, 5.74) is 2.16. The number of anilines is 1. The molecule has 0 aromatic heterocycles. The number of aliphatic hydroxyl groups excluding tert-OH is 1. The minimum atomic E-state index is -3.47. The molecule has 0 amide bonds. The molecule has 0 radical (unpaired) electrons. The number of sulfonamides is 1. The van der Waals surface area contributed by atoms with E-state index in [-0.39, 0.29) is 12.3 Å². The molecule has 2 N–H and O–H groups in total. The van der Waals surface area contributed by atoms with E-state index in [1.165, 1.54) is 4.31 Å². The Labute approximate surface area is 171 Å². The number of aryl methyl sites for hydroxylation is 1. The molecule has 0 aliphatic carbocycles. The van der Waals surface area contributed by atoms with Crippen molar-refractivity contribution in [3.05, 3.63) is 59.7 Å². The van der Waals surface area contributed by atoms with E-state index in [2.05, 4.69) is 4.74 Å². The van der Waals surface area contributed by atoms with Gasteiger partial charge in [-0.2, -0.15) is 0 Å². The molecule has 7 nitrogen and oxygen atoms in total. The maximum absolute atomic E-state index is 12.3. The van der Waals surface area contributed by atoms with Crippen LogP contribution in [0.15, 0.2) is 48.5 Å². The predicted molar refractivity (Wildman–Crippen MR) is 112 cm³/mol. The van der Waals surface area contributed by atoms with Crippen LogP contribution in [-0.4, -0.2) is 37.6 Å². The predicted octanol–water partition coefficient (Wildman–Crippen LogP) is 3.98. The van der Waals surface area contributed by atoms with Gasteiger partial charge in [0.15, 0.2) is 0 Å². The first kappa shape index (κ1) is 22.7. The van der Waals surface area contributed by atoms with E-state index in [1.807, 2.05) is 13.0 Å². The van der Waals surface area contributed by atoms with Crippen molar-refractivity contribution in [1.82, 2.24) is 0 Å². The van der Waals surface area contributed by atoms with Crippen LogP contribution in [0.3, 0.4) is 0 Å². The summed E-state index contributed by atoms with van der Waals surface area (Å²) < 4.78 is 30.5. The Balaban J connectivity index is 2.06. The second-order valence-electron chi connectivity index (χ2n) is 6.85. The molecule has 0 heterocycles. The lowest BCUT2D eigenvalue weighted by molar-refractivity contribution is 0.144. The van der Waals surface area contributed by atoms with Gasteiger partial charge < -0.3 is 14.9 Å². The van der Waals surface area contributed by atoms with Crippen LogP contribution in [0.2, 0.25) is 0 Å². The number of rotatable bonds is 10. The zero-order valence-electron chi connectivity index (χ0n) is 16.6. The number of hydrogen-bond acceptors (Lipinski definition) is 5. The number of nitrogens with zero attached hydrogens (tertiary/aromatic N) is 1. The molecule has 158 valence electrons. The Kier molecular flexibility index (Phi) is 8.04. The molecule has 0 aliphatic heterocycles. The quantitative estimate of drug-likeness (QED) is 0.444. The molecule has 0 aliphatic rings. The van der Waals surface area contributed by atoms with E-state index in [4.69, 9.17) is 5.11 Å². The van der Waals surface area contributed by atoms with Gasteiger partial charge in [-0.1, -0.05) is 37.6 Å². The first-order valence-electron chi connectivity index (χ1n) is 9.46. The van der Waals surface area contributed by atoms with Crippen LogP contribution < -0.4 is 9.04 Å². The summed E-state index contributed by atoms with van der Waals surface area (Å²) in [6, 6.07) is 13.6. The highest BCUT2D eigenvalue weighted by atomic mass is 32.2. The van der Waals surface area contributed by atoms with Crippen molar-refractivity contribution < 1.29 is 28.2 Å². The SMILES string of the molecule is CCCC(O)c1ccc(N(CCCc2cccc(OC(=O)O)c2)S(C)(=O)=O)cc1. The van der Waals surface area contributed by atoms with Gasteiger partial charge in [-0.3, -0.25) is 4.31 Å². The zero-order chi connectivity index (χ0) is 21.4. The summed E-state index contributed by atoms with van der Waals surface area (Å²) in [4.78, 5) is 10.6. The third-order valence-corrected chi connectivity index (χ3v) is 5.65. The number of aliphatic hydroxyl groups is 1. The molecule has 0 spiro atoms. The van der Waals surface area contributed by atoms with Crippen molar-refractivity contribution in [3.63, 3.8) is 0 Å². The summed E-state index contributed by atoms with van der Waals surface area (Å²) in [5.74, 6) is 0.233. The Hall–Kier alpha value is -2.58. The van der Waals surface area contributed by atoms with Gasteiger partial charge >= 0.3 is 6.16 Å². The van der Waals surface area contributed by atoms with Crippen LogP contribution in [-0.2, 0) is 16.4 Å². The summed E-state index contributed by atoms with van der Waals surface area (Å²) in [5, 5.41) is 18.8. The minimum Gasteiger partial charge on any atom is -0.449 e. The van der Waals surface area contributed by atoms with E-state index in [0.717, 1.165) is 23.8 Å². The van der Waals surface area contributed by atoms with Crippen LogP contribution in [0.4, 0.5) is 10.5 Å². The van der Waals surface area contributed by atoms with Crippen LogP contribution in [0.25, 0.3) is 0 Å². The van der Waals surface area contributed by atoms with E-state index < -0.39 is 22.3 Å². The number of hydrogen-bond donors (Lipinski definition) is 2. The van der Waals surface area contributed by atoms with Crippen LogP contribution in [0, 0.1) is 0 Å². The van der Waals surface area contributed by atoms with E-state index >= 15 is 0 Å². The smallest absolute Gasteiger partial charge is 0.449 e. The summed E-state index contributed by atoms with van der Waals surface area (Å²) in [6.07, 6.45) is 1.85. The summed E-state index contributed by atoms with van der Waals surface area (Å²) >= 11 is 0. The minimum absolute atomic E-state index is 0.233. The molecule has 2 aromatic rings. The van der Waals surface area contributed by atoms with E-state index in [0.29, 0.717) is 24.9 Å². The molecule has 1 atom stereocenters. The van der Waals surface area contributed by atoms with E-state index in [1.54, 1.807) is 42.5 Å². The van der Waals surface area contributed by atoms with Gasteiger partial charge in [0.1, 0.15) is 5.75 Å². The number of ether oxygens (including phenoxy) is 1. The van der Waals surface area contributed by atoms with Gasteiger partial charge in [0, 0.05) is 6.54 Å². The highest BCUT2D eigenvalue weighted by molar-refractivity contribution is 7.92. The molecule has 2 aromatic carbocycles. The molecule has 8 heteroatoms. The lowest BCUT2D eigenvalue weighted by Gasteiger charge is -2.23. The van der Waals surface area contributed by atoms with Gasteiger partial charge in [0.05, 0.1) is 18.0 Å². The Morgan fingerprint density at radius 2 is 1.86 bits per heavy atom. The van der Waals surface area contributed by atoms with Gasteiger partial charge in [0.25, 0.3) is 0 Å². The fourth-order valence-electron chi connectivity index (χ4n) is 3.08. The molecule has 2 rings (SSSR count). The third kappa shape index (κ3) is 7.07. The summed E-state index contributed by atoms with van der Waals surface area (Å²) in [7, 11) is -3.47. The third-order valence-electron chi connectivity index (χ3n) is 4.46.